The van der Waals surface area contributed by atoms with Crippen molar-refractivity contribution in [3.63, 3.8) is 0 Å². The first-order valence-corrected chi connectivity index (χ1v) is 4.87. The zero-order valence-corrected chi connectivity index (χ0v) is 9.28. The number of aliphatic carboxylic acids is 1. The number of nitriles is 1. The summed E-state index contributed by atoms with van der Waals surface area (Å²) in [5.41, 5.74) is -0.137. The summed E-state index contributed by atoms with van der Waals surface area (Å²) in [5.74, 6) is -1.85. The summed E-state index contributed by atoms with van der Waals surface area (Å²) < 4.78 is 0. The molecule has 88 valence electrons. The molecule has 0 fully saturated rings. The molecule has 0 saturated carbocycles. The first kappa shape index (κ1) is 14.0. The van der Waals surface area contributed by atoms with Crippen LogP contribution in [-0.4, -0.2) is 29.6 Å². The van der Waals surface area contributed by atoms with Gasteiger partial charge >= 0.3 is 5.97 Å². The minimum atomic E-state index is -1.15. The van der Waals surface area contributed by atoms with Crippen molar-refractivity contribution >= 4 is 11.9 Å². The van der Waals surface area contributed by atoms with Gasteiger partial charge in [-0.3, -0.25) is 9.59 Å². The standard InChI is InChI=1S/C10H15N3O3/c1-3-7(2)12-5-8(4-11)10(16)13-6-9(14)15/h5,7,12H,3,6H2,1-2H3,(H,13,16)(H,14,15)/b8-5-. The number of carbonyl (C=O) groups excluding carboxylic acids is 1. The molecule has 16 heavy (non-hydrogen) atoms. The van der Waals surface area contributed by atoms with E-state index >= 15 is 0 Å². The van der Waals surface area contributed by atoms with E-state index in [2.05, 4.69) is 10.6 Å². The molecule has 6 nitrogen and oxygen atoms in total. The second-order valence-electron chi connectivity index (χ2n) is 3.22. The summed E-state index contributed by atoms with van der Waals surface area (Å²) in [6, 6.07) is 1.85. The van der Waals surface area contributed by atoms with Gasteiger partial charge in [-0.1, -0.05) is 6.92 Å². The van der Waals surface area contributed by atoms with Gasteiger partial charge in [0.2, 0.25) is 0 Å². The highest BCUT2D eigenvalue weighted by molar-refractivity contribution is 5.98. The zero-order valence-electron chi connectivity index (χ0n) is 9.28. The third-order valence-electron chi connectivity index (χ3n) is 1.89. The molecule has 0 aliphatic rings. The van der Waals surface area contributed by atoms with Crippen LogP contribution in [0.4, 0.5) is 0 Å². The van der Waals surface area contributed by atoms with Gasteiger partial charge in [-0.25, -0.2) is 0 Å². The van der Waals surface area contributed by atoms with E-state index in [4.69, 9.17) is 10.4 Å². The summed E-state index contributed by atoms with van der Waals surface area (Å²) in [5, 5.41) is 22.0. The first-order valence-electron chi connectivity index (χ1n) is 4.87. The average Bonchev–Trinajstić information content (AvgIpc) is 2.26. The highest BCUT2D eigenvalue weighted by Crippen LogP contribution is 1.93. The van der Waals surface area contributed by atoms with Crippen molar-refractivity contribution in [2.75, 3.05) is 6.54 Å². The van der Waals surface area contributed by atoms with Crippen LogP contribution in [0.1, 0.15) is 20.3 Å². The third kappa shape index (κ3) is 5.65. The molecule has 0 radical (unpaired) electrons. The Bertz CT molecular complexity index is 331. The van der Waals surface area contributed by atoms with Crippen LogP contribution >= 0.6 is 0 Å². The highest BCUT2D eigenvalue weighted by Gasteiger charge is 2.09. The van der Waals surface area contributed by atoms with Crippen molar-refractivity contribution in [3.05, 3.63) is 11.8 Å². The van der Waals surface area contributed by atoms with Crippen molar-refractivity contribution in [1.82, 2.24) is 10.6 Å². The van der Waals surface area contributed by atoms with Gasteiger partial charge in [0.25, 0.3) is 5.91 Å². The predicted octanol–water partition coefficient (Wildman–Crippen LogP) is -0.0172. The Morgan fingerprint density at radius 3 is 2.62 bits per heavy atom. The maximum absolute atomic E-state index is 11.3. The Balaban J connectivity index is 4.32. The molecule has 0 aromatic heterocycles. The van der Waals surface area contributed by atoms with Crippen molar-refractivity contribution < 1.29 is 14.7 Å². The molecule has 0 saturated heterocycles. The first-order chi connectivity index (χ1) is 7.51. The normalized spacial score (nSPS) is 12.4. The minimum absolute atomic E-state index is 0.137. The molecule has 6 heteroatoms. The van der Waals surface area contributed by atoms with E-state index in [1.165, 1.54) is 6.20 Å². The van der Waals surface area contributed by atoms with E-state index in [0.29, 0.717) is 0 Å². The van der Waals surface area contributed by atoms with Gasteiger partial charge in [0.1, 0.15) is 18.2 Å². The number of carbonyl (C=O) groups is 2. The third-order valence-corrected chi connectivity index (χ3v) is 1.89. The Labute approximate surface area is 93.9 Å². The Morgan fingerprint density at radius 1 is 1.56 bits per heavy atom. The fourth-order valence-electron chi connectivity index (χ4n) is 0.743. The molecular weight excluding hydrogens is 210 g/mol. The number of nitrogens with one attached hydrogen (secondary N) is 2. The minimum Gasteiger partial charge on any atom is -0.480 e. The van der Waals surface area contributed by atoms with Gasteiger partial charge in [0.05, 0.1) is 0 Å². The molecule has 1 amide bonds. The van der Waals surface area contributed by atoms with E-state index in [0.717, 1.165) is 6.42 Å². The number of hydrogen-bond donors (Lipinski definition) is 3. The van der Waals surface area contributed by atoms with Crippen LogP contribution in [0.2, 0.25) is 0 Å². The molecule has 0 aromatic rings. The van der Waals surface area contributed by atoms with Gasteiger partial charge < -0.3 is 15.7 Å². The Morgan fingerprint density at radius 2 is 2.19 bits per heavy atom. The SMILES string of the molecule is CCC(C)N/C=C(/C#N)C(=O)NCC(=O)O. The summed E-state index contributed by atoms with van der Waals surface area (Å²) in [4.78, 5) is 21.5. The molecule has 1 unspecified atom stereocenters. The summed E-state index contributed by atoms with van der Waals surface area (Å²) in [7, 11) is 0. The number of carboxylic acid groups (broad SMARTS) is 1. The number of hydrogen-bond acceptors (Lipinski definition) is 4. The summed E-state index contributed by atoms with van der Waals surface area (Å²) >= 11 is 0. The van der Waals surface area contributed by atoms with Crippen molar-refractivity contribution in [3.8, 4) is 6.07 Å². The highest BCUT2D eigenvalue weighted by atomic mass is 16.4. The van der Waals surface area contributed by atoms with Crippen LogP contribution in [0, 0.1) is 11.3 Å². The van der Waals surface area contributed by atoms with Crippen molar-refractivity contribution in [2.24, 2.45) is 0 Å². The lowest BCUT2D eigenvalue weighted by molar-refractivity contribution is -0.137. The monoisotopic (exact) mass is 225 g/mol. The smallest absolute Gasteiger partial charge is 0.322 e. The van der Waals surface area contributed by atoms with Gasteiger partial charge in [-0.2, -0.15) is 5.26 Å². The number of amides is 1. The summed E-state index contributed by atoms with van der Waals surface area (Å²) in [6.45, 7) is 3.36. The van der Waals surface area contributed by atoms with Crippen LogP contribution in [0.25, 0.3) is 0 Å². The lowest BCUT2D eigenvalue weighted by Crippen LogP contribution is -2.31. The van der Waals surface area contributed by atoms with E-state index in [1.54, 1.807) is 6.07 Å². The second kappa shape index (κ2) is 7.29. The molecule has 0 aliphatic heterocycles. The molecule has 0 aliphatic carbocycles. The predicted molar refractivity (Wildman–Crippen MR) is 57.2 cm³/mol. The second-order valence-corrected chi connectivity index (χ2v) is 3.22. The average molecular weight is 225 g/mol. The molecule has 0 aromatic carbocycles. The maximum Gasteiger partial charge on any atom is 0.322 e. The quantitative estimate of drug-likeness (QED) is 0.435. The van der Waals surface area contributed by atoms with Gasteiger partial charge in [0.15, 0.2) is 0 Å². The molecule has 0 heterocycles. The Kier molecular flexibility index (Phi) is 6.36. The number of nitrogens with zero attached hydrogens (tertiary/aromatic N) is 1. The lowest BCUT2D eigenvalue weighted by Gasteiger charge is -2.08. The fourth-order valence-corrected chi connectivity index (χ4v) is 0.743. The van der Waals surface area contributed by atoms with Crippen LogP contribution in [-0.2, 0) is 9.59 Å². The van der Waals surface area contributed by atoms with E-state index < -0.39 is 18.4 Å². The lowest BCUT2D eigenvalue weighted by atomic mass is 10.2. The van der Waals surface area contributed by atoms with E-state index in [-0.39, 0.29) is 11.6 Å². The zero-order chi connectivity index (χ0) is 12.6. The van der Waals surface area contributed by atoms with Crippen molar-refractivity contribution in [2.45, 2.75) is 26.3 Å². The maximum atomic E-state index is 11.3. The van der Waals surface area contributed by atoms with Crippen molar-refractivity contribution in [1.29, 1.82) is 5.26 Å². The van der Waals surface area contributed by atoms with Gasteiger partial charge in [-0.05, 0) is 13.3 Å². The Hall–Kier alpha value is -2.03. The summed E-state index contributed by atoms with van der Waals surface area (Å²) in [6.07, 6.45) is 2.15. The number of carboxylic acids is 1. The van der Waals surface area contributed by atoms with Crippen LogP contribution in [0.5, 0.6) is 0 Å². The van der Waals surface area contributed by atoms with Crippen LogP contribution in [0.15, 0.2) is 11.8 Å². The largest absolute Gasteiger partial charge is 0.480 e. The van der Waals surface area contributed by atoms with Gasteiger partial charge in [-0.15, -0.1) is 0 Å². The van der Waals surface area contributed by atoms with E-state index in [9.17, 15) is 9.59 Å². The molecule has 3 N–H and O–H groups in total. The fraction of sp³-hybridized carbons (Fsp3) is 0.500. The molecular formula is C10H15N3O3. The molecule has 0 bridgehead atoms. The van der Waals surface area contributed by atoms with Crippen LogP contribution in [0.3, 0.4) is 0 Å². The molecule has 0 spiro atoms. The van der Waals surface area contributed by atoms with Gasteiger partial charge in [0, 0.05) is 12.2 Å². The number of rotatable bonds is 6. The van der Waals surface area contributed by atoms with Crippen LogP contribution < -0.4 is 10.6 Å². The topological polar surface area (TPSA) is 102 Å². The molecule has 0 rings (SSSR count). The van der Waals surface area contributed by atoms with E-state index in [1.807, 2.05) is 13.8 Å². The molecule has 1 atom stereocenters.